The molecule has 2 nitrogen and oxygen atoms in total. The second-order valence-corrected chi connectivity index (χ2v) is 4.79. The van der Waals surface area contributed by atoms with Gasteiger partial charge in [-0.2, -0.15) is 0 Å². The van der Waals surface area contributed by atoms with Gasteiger partial charge in [0.25, 0.3) is 0 Å². The lowest BCUT2D eigenvalue weighted by Gasteiger charge is -2.18. The lowest BCUT2D eigenvalue weighted by Crippen LogP contribution is -2.12. The number of hydrogen-bond donors (Lipinski definition) is 1. The number of aliphatic hydroxyl groups excluding tert-OH is 1. The van der Waals surface area contributed by atoms with Crippen molar-refractivity contribution >= 4 is 23.2 Å². The van der Waals surface area contributed by atoms with Gasteiger partial charge in [-0.1, -0.05) is 0 Å². The Morgan fingerprint density at radius 1 is 1.31 bits per heavy atom. The number of hydrogen-bond acceptors (Lipinski definition) is 2. The van der Waals surface area contributed by atoms with E-state index in [0.29, 0.717) is 5.56 Å². The molecule has 1 unspecified atom stereocenters. The fraction of sp³-hybridized carbons (Fsp3) is 0.455. The molecule has 0 aliphatic rings. The second-order valence-electron chi connectivity index (χ2n) is 3.63. The molecule has 0 amide bonds. The summed E-state index contributed by atoms with van der Waals surface area (Å²) in [6.07, 6.45) is -1.23. The van der Waals surface area contributed by atoms with Gasteiger partial charge in [0.1, 0.15) is 22.5 Å². The van der Waals surface area contributed by atoms with Crippen LogP contribution >= 0.6 is 23.2 Å². The number of alkyl halides is 2. The van der Waals surface area contributed by atoms with Crippen molar-refractivity contribution in [1.29, 1.82) is 0 Å². The van der Waals surface area contributed by atoms with Crippen molar-refractivity contribution in [2.45, 2.75) is 30.9 Å². The molecule has 16 heavy (non-hydrogen) atoms. The van der Waals surface area contributed by atoms with Crippen molar-refractivity contribution in [3.63, 3.8) is 0 Å². The maximum absolute atomic E-state index is 13.0. The van der Waals surface area contributed by atoms with Crippen LogP contribution in [0.25, 0.3) is 0 Å². The standard InChI is InChI=1S/C11H13Cl2FO2/c1-6(2)16-9-5-7(14)3-4-8(9)10(15)11(12)13/h3-6,10-11,15H,1-2H3. The number of rotatable bonds is 4. The minimum absolute atomic E-state index is 0.128. The van der Waals surface area contributed by atoms with Crippen LogP contribution in [0.2, 0.25) is 0 Å². The van der Waals surface area contributed by atoms with Gasteiger partial charge in [-0.15, -0.1) is 23.2 Å². The Morgan fingerprint density at radius 2 is 1.94 bits per heavy atom. The van der Waals surface area contributed by atoms with Crippen molar-refractivity contribution in [2.75, 3.05) is 0 Å². The van der Waals surface area contributed by atoms with Crippen LogP contribution in [0.4, 0.5) is 4.39 Å². The Hall–Kier alpha value is -0.510. The first kappa shape index (κ1) is 13.6. The fourth-order valence-electron chi connectivity index (χ4n) is 1.24. The molecule has 0 radical (unpaired) electrons. The van der Waals surface area contributed by atoms with Gasteiger partial charge in [0.05, 0.1) is 6.10 Å². The van der Waals surface area contributed by atoms with Gasteiger partial charge < -0.3 is 9.84 Å². The highest BCUT2D eigenvalue weighted by atomic mass is 35.5. The van der Waals surface area contributed by atoms with Crippen LogP contribution in [0, 0.1) is 5.82 Å². The summed E-state index contributed by atoms with van der Waals surface area (Å²) >= 11 is 11.2. The van der Waals surface area contributed by atoms with Crippen molar-refractivity contribution < 1.29 is 14.2 Å². The molecule has 90 valence electrons. The van der Waals surface area contributed by atoms with E-state index >= 15 is 0 Å². The quantitative estimate of drug-likeness (QED) is 0.846. The molecule has 1 N–H and O–H groups in total. The van der Waals surface area contributed by atoms with E-state index in [4.69, 9.17) is 27.9 Å². The smallest absolute Gasteiger partial charge is 0.137 e. The zero-order chi connectivity index (χ0) is 12.3. The van der Waals surface area contributed by atoms with Gasteiger partial charge in [-0.05, 0) is 26.0 Å². The minimum atomic E-state index is -1.10. The van der Waals surface area contributed by atoms with Crippen LogP contribution in [-0.2, 0) is 0 Å². The van der Waals surface area contributed by atoms with Gasteiger partial charge in [-0.25, -0.2) is 4.39 Å². The van der Waals surface area contributed by atoms with E-state index in [1.165, 1.54) is 18.2 Å². The van der Waals surface area contributed by atoms with E-state index in [-0.39, 0.29) is 11.9 Å². The molecule has 0 aromatic heterocycles. The second kappa shape index (κ2) is 5.71. The molecule has 1 rings (SSSR count). The summed E-state index contributed by atoms with van der Waals surface area (Å²) in [5.41, 5.74) is 0.380. The van der Waals surface area contributed by atoms with Crippen LogP contribution in [0.5, 0.6) is 5.75 Å². The number of halogens is 3. The number of ether oxygens (including phenoxy) is 1. The summed E-state index contributed by atoms with van der Waals surface area (Å²) in [5, 5.41) is 9.72. The summed E-state index contributed by atoms with van der Waals surface area (Å²) in [7, 11) is 0. The van der Waals surface area contributed by atoms with E-state index in [2.05, 4.69) is 0 Å². The summed E-state index contributed by atoms with van der Waals surface area (Å²) in [6.45, 7) is 3.61. The lowest BCUT2D eigenvalue weighted by atomic mass is 10.1. The summed E-state index contributed by atoms with van der Waals surface area (Å²) < 4.78 is 18.4. The zero-order valence-corrected chi connectivity index (χ0v) is 10.5. The molecule has 0 heterocycles. The largest absolute Gasteiger partial charge is 0.491 e. The van der Waals surface area contributed by atoms with Crippen molar-refractivity contribution in [2.24, 2.45) is 0 Å². The molecule has 1 atom stereocenters. The zero-order valence-electron chi connectivity index (χ0n) is 8.95. The molecule has 0 aliphatic carbocycles. The first-order valence-corrected chi connectivity index (χ1v) is 5.71. The average molecular weight is 267 g/mol. The van der Waals surface area contributed by atoms with E-state index in [1.54, 1.807) is 13.8 Å². The maximum Gasteiger partial charge on any atom is 0.137 e. The molecule has 5 heteroatoms. The van der Waals surface area contributed by atoms with E-state index < -0.39 is 16.8 Å². The van der Waals surface area contributed by atoms with Crippen molar-refractivity contribution in [3.05, 3.63) is 29.6 Å². The minimum Gasteiger partial charge on any atom is -0.491 e. The molecule has 0 saturated heterocycles. The van der Waals surface area contributed by atoms with Gasteiger partial charge in [0.2, 0.25) is 0 Å². The third-order valence-electron chi connectivity index (χ3n) is 1.90. The summed E-state index contributed by atoms with van der Waals surface area (Å²) in [6, 6.07) is 3.84. The number of aliphatic hydroxyl groups is 1. The Labute approximate surface area is 104 Å². The molecular weight excluding hydrogens is 254 g/mol. The van der Waals surface area contributed by atoms with Gasteiger partial charge in [0.15, 0.2) is 0 Å². The Balaban J connectivity index is 3.06. The molecular formula is C11H13Cl2FO2. The first-order valence-electron chi connectivity index (χ1n) is 4.84. The van der Waals surface area contributed by atoms with Gasteiger partial charge in [0, 0.05) is 11.6 Å². The Kier molecular flexibility index (Phi) is 4.84. The topological polar surface area (TPSA) is 29.5 Å². The molecule has 0 saturated carbocycles. The molecule has 0 bridgehead atoms. The van der Waals surface area contributed by atoms with Crippen molar-refractivity contribution in [3.8, 4) is 5.75 Å². The predicted molar refractivity (Wildman–Crippen MR) is 62.6 cm³/mol. The van der Waals surface area contributed by atoms with Crippen LogP contribution in [0.15, 0.2) is 18.2 Å². The van der Waals surface area contributed by atoms with E-state index in [1.807, 2.05) is 0 Å². The third kappa shape index (κ3) is 3.51. The Morgan fingerprint density at radius 3 is 2.44 bits per heavy atom. The van der Waals surface area contributed by atoms with E-state index in [0.717, 1.165) is 0 Å². The van der Waals surface area contributed by atoms with Crippen LogP contribution in [0.1, 0.15) is 25.5 Å². The van der Waals surface area contributed by atoms with Gasteiger partial charge in [-0.3, -0.25) is 0 Å². The Bertz CT molecular complexity index is 356. The monoisotopic (exact) mass is 266 g/mol. The highest BCUT2D eigenvalue weighted by Gasteiger charge is 2.21. The maximum atomic E-state index is 13.0. The molecule has 1 aromatic carbocycles. The summed E-state index contributed by atoms with van der Waals surface area (Å²) in [4.78, 5) is -0.986. The summed E-state index contributed by atoms with van der Waals surface area (Å²) in [5.74, 6) is -0.180. The van der Waals surface area contributed by atoms with Crippen LogP contribution in [-0.4, -0.2) is 16.0 Å². The highest BCUT2D eigenvalue weighted by Crippen LogP contribution is 2.32. The van der Waals surface area contributed by atoms with Crippen molar-refractivity contribution in [1.82, 2.24) is 0 Å². The molecule has 0 fully saturated rings. The van der Waals surface area contributed by atoms with Crippen LogP contribution < -0.4 is 4.74 Å². The first-order chi connectivity index (χ1) is 7.41. The predicted octanol–water partition coefficient (Wildman–Crippen LogP) is 3.45. The third-order valence-corrected chi connectivity index (χ3v) is 2.37. The fourth-order valence-corrected chi connectivity index (χ4v) is 1.52. The molecule has 1 aromatic rings. The van der Waals surface area contributed by atoms with Gasteiger partial charge >= 0.3 is 0 Å². The average Bonchev–Trinajstić information content (AvgIpc) is 2.15. The molecule has 0 spiro atoms. The highest BCUT2D eigenvalue weighted by molar-refractivity contribution is 6.44. The number of benzene rings is 1. The SMILES string of the molecule is CC(C)Oc1cc(F)ccc1C(O)C(Cl)Cl. The van der Waals surface area contributed by atoms with E-state index in [9.17, 15) is 9.50 Å². The lowest BCUT2D eigenvalue weighted by molar-refractivity contribution is 0.177. The van der Waals surface area contributed by atoms with Crippen LogP contribution in [0.3, 0.4) is 0 Å². The normalized spacial score (nSPS) is 13.2. The molecule has 0 aliphatic heterocycles.